The molecule has 4 heteroatoms. The fourth-order valence-electron chi connectivity index (χ4n) is 3.09. The Kier molecular flexibility index (Phi) is 6.40. The Bertz CT molecular complexity index is 461. The normalized spacial score (nSPS) is 20.8. The molecule has 1 aromatic carbocycles. The molecule has 1 N–H and O–H groups in total. The van der Waals surface area contributed by atoms with Gasteiger partial charge in [-0.25, -0.2) is 0 Å². The number of hydrogen-bond donors (Lipinski definition) is 1. The van der Waals surface area contributed by atoms with Crippen molar-refractivity contribution in [2.45, 2.75) is 38.8 Å². The van der Waals surface area contributed by atoms with Crippen molar-refractivity contribution >= 4 is 5.91 Å². The van der Waals surface area contributed by atoms with Crippen LogP contribution in [0.15, 0.2) is 30.3 Å². The van der Waals surface area contributed by atoms with Crippen molar-refractivity contribution in [3.8, 4) is 0 Å². The fraction of sp³-hybridized carbons (Fsp3) is 0.611. The second-order valence-corrected chi connectivity index (χ2v) is 6.37. The molecule has 0 unspecified atom stereocenters. The number of benzene rings is 1. The van der Waals surface area contributed by atoms with Crippen LogP contribution in [0.1, 0.15) is 38.4 Å². The number of hydrogen-bond acceptors (Lipinski definition) is 3. The maximum Gasteiger partial charge on any atom is 0.253 e. The van der Waals surface area contributed by atoms with Crippen LogP contribution in [0.2, 0.25) is 0 Å². The largest absolute Gasteiger partial charge is 0.367 e. The molecule has 2 rings (SSSR count). The van der Waals surface area contributed by atoms with E-state index in [1.807, 2.05) is 30.3 Å². The number of likely N-dealkylation sites (tertiary alicyclic amines) is 1. The highest BCUT2D eigenvalue weighted by Crippen LogP contribution is 2.19. The van der Waals surface area contributed by atoms with Crippen LogP contribution in [-0.4, -0.2) is 43.6 Å². The maximum atomic E-state index is 12.4. The molecule has 1 heterocycles. The number of amides is 1. The van der Waals surface area contributed by atoms with Crippen LogP contribution in [0.4, 0.5) is 0 Å². The third kappa shape index (κ3) is 4.55. The molecule has 4 nitrogen and oxygen atoms in total. The van der Waals surface area contributed by atoms with Crippen LogP contribution in [0.25, 0.3) is 0 Å². The molecular weight excluding hydrogens is 276 g/mol. The van der Waals surface area contributed by atoms with E-state index in [1.54, 1.807) is 7.11 Å². The molecule has 1 aliphatic heterocycles. The average molecular weight is 304 g/mol. The Hall–Kier alpha value is -1.39. The summed E-state index contributed by atoms with van der Waals surface area (Å²) in [5.41, 5.74) is 0.898. The number of piperidine rings is 1. The van der Waals surface area contributed by atoms with Crippen LogP contribution in [0.5, 0.6) is 0 Å². The Morgan fingerprint density at radius 3 is 2.73 bits per heavy atom. The standard InChI is InChI=1S/C18H28N2O2/c1-14(2)20-11-7-8-15(13-20)12-19-18(21)17(22-3)16-9-5-4-6-10-16/h4-6,9-10,14-15,17H,7-8,11-13H2,1-3H3,(H,19,21)/t15-,17-/m0/s1. The zero-order valence-electron chi connectivity index (χ0n) is 13.9. The minimum Gasteiger partial charge on any atom is -0.367 e. The molecule has 1 amide bonds. The molecule has 0 aliphatic carbocycles. The van der Waals surface area contributed by atoms with E-state index in [-0.39, 0.29) is 5.91 Å². The Morgan fingerprint density at radius 2 is 2.09 bits per heavy atom. The third-order valence-electron chi connectivity index (χ3n) is 4.42. The van der Waals surface area contributed by atoms with E-state index in [4.69, 9.17) is 4.74 Å². The first-order valence-electron chi connectivity index (χ1n) is 8.21. The van der Waals surface area contributed by atoms with Crippen LogP contribution < -0.4 is 5.32 Å². The molecule has 2 atom stereocenters. The molecular formula is C18H28N2O2. The van der Waals surface area contributed by atoms with E-state index in [1.165, 1.54) is 19.4 Å². The van der Waals surface area contributed by atoms with Crippen LogP contribution in [0, 0.1) is 5.92 Å². The van der Waals surface area contributed by atoms with Gasteiger partial charge in [0.1, 0.15) is 0 Å². The van der Waals surface area contributed by atoms with E-state index >= 15 is 0 Å². The summed E-state index contributed by atoms with van der Waals surface area (Å²) in [5.74, 6) is 0.490. The van der Waals surface area contributed by atoms with Gasteiger partial charge in [0.2, 0.25) is 0 Å². The van der Waals surface area contributed by atoms with Gasteiger partial charge in [0.15, 0.2) is 6.10 Å². The number of nitrogens with one attached hydrogen (secondary N) is 1. The van der Waals surface area contributed by atoms with Gasteiger partial charge < -0.3 is 15.0 Å². The average Bonchev–Trinajstić information content (AvgIpc) is 2.55. The van der Waals surface area contributed by atoms with Crippen molar-refractivity contribution < 1.29 is 9.53 Å². The summed E-state index contributed by atoms with van der Waals surface area (Å²) in [4.78, 5) is 14.9. The Balaban J connectivity index is 1.86. The first-order chi connectivity index (χ1) is 10.6. The Labute approximate surface area is 133 Å². The number of rotatable bonds is 6. The molecule has 1 aromatic rings. The van der Waals surface area contributed by atoms with Gasteiger partial charge >= 0.3 is 0 Å². The molecule has 1 saturated heterocycles. The van der Waals surface area contributed by atoms with E-state index in [2.05, 4.69) is 24.1 Å². The zero-order chi connectivity index (χ0) is 15.9. The van der Waals surface area contributed by atoms with Crippen molar-refractivity contribution in [1.82, 2.24) is 10.2 Å². The highest BCUT2D eigenvalue weighted by atomic mass is 16.5. The molecule has 0 spiro atoms. The first-order valence-corrected chi connectivity index (χ1v) is 8.21. The molecule has 122 valence electrons. The van der Waals surface area contributed by atoms with Gasteiger partial charge in [0.25, 0.3) is 5.91 Å². The fourth-order valence-corrected chi connectivity index (χ4v) is 3.09. The van der Waals surface area contributed by atoms with Gasteiger partial charge in [-0.15, -0.1) is 0 Å². The zero-order valence-corrected chi connectivity index (χ0v) is 13.9. The minimum absolute atomic E-state index is 0.0460. The second-order valence-electron chi connectivity index (χ2n) is 6.37. The number of methoxy groups -OCH3 is 1. The summed E-state index contributed by atoms with van der Waals surface area (Å²) in [6.45, 7) is 7.44. The summed E-state index contributed by atoms with van der Waals surface area (Å²) < 4.78 is 5.37. The lowest BCUT2D eigenvalue weighted by Crippen LogP contribution is -2.44. The lowest BCUT2D eigenvalue weighted by Gasteiger charge is -2.35. The number of ether oxygens (including phenoxy) is 1. The molecule has 0 radical (unpaired) electrons. The number of carbonyl (C=O) groups is 1. The van der Waals surface area contributed by atoms with Crippen molar-refractivity contribution in [2.24, 2.45) is 5.92 Å². The van der Waals surface area contributed by atoms with E-state index < -0.39 is 6.10 Å². The van der Waals surface area contributed by atoms with Crippen LogP contribution >= 0.6 is 0 Å². The summed E-state index contributed by atoms with van der Waals surface area (Å²) >= 11 is 0. The first kappa shape index (κ1) is 17.0. The molecule has 22 heavy (non-hydrogen) atoms. The lowest BCUT2D eigenvalue weighted by molar-refractivity contribution is -0.131. The SMILES string of the molecule is CO[C@H](C(=O)NC[C@@H]1CCCN(C(C)C)C1)c1ccccc1. The summed E-state index contributed by atoms with van der Waals surface area (Å²) in [6.07, 6.45) is 1.88. The predicted molar refractivity (Wildman–Crippen MR) is 88.6 cm³/mol. The predicted octanol–water partition coefficient (Wildman–Crippen LogP) is 2.61. The monoisotopic (exact) mass is 304 g/mol. The third-order valence-corrected chi connectivity index (χ3v) is 4.42. The van der Waals surface area contributed by atoms with Gasteiger partial charge in [-0.2, -0.15) is 0 Å². The smallest absolute Gasteiger partial charge is 0.253 e. The lowest BCUT2D eigenvalue weighted by atomic mass is 9.97. The molecule has 0 saturated carbocycles. The Morgan fingerprint density at radius 1 is 1.36 bits per heavy atom. The second kappa shape index (κ2) is 8.30. The molecule has 1 fully saturated rings. The molecule has 0 aromatic heterocycles. The van der Waals surface area contributed by atoms with Crippen molar-refractivity contribution in [1.29, 1.82) is 0 Å². The van der Waals surface area contributed by atoms with Gasteiger partial charge in [-0.05, 0) is 44.7 Å². The quantitative estimate of drug-likeness (QED) is 0.878. The van der Waals surface area contributed by atoms with E-state index in [0.717, 1.165) is 18.7 Å². The summed E-state index contributed by atoms with van der Waals surface area (Å²) in [6, 6.07) is 10.2. The van der Waals surface area contributed by atoms with Crippen molar-refractivity contribution in [3.63, 3.8) is 0 Å². The van der Waals surface area contributed by atoms with Gasteiger partial charge in [-0.3, -0.25) is 4.79 Å². The van der Waals surface area contributed by atoms with Crippen LogP contribution in [-0.2, 0) is 9.53 Å². The maximum absolute atomic E-state index is 12.4. The van der Waals surface area contributed by atoms with E-state index in [0.29, 0.717) is 12.0 Å². The van der Waals surface area contributed by atoms with Crippen LogP contribution in [0.3, 0.4) is 0 Å². The van der Waals surface area contributed by atoms with Crippen molar-refractivity contribution in [2.75, 3.05) is 26.7 Å². The minimum atomic E-state index is -0.522. The highest BCUT2D eigenvalue weighted by molar-refractivity contribution is 5.82. The van der Waals surface area contributed by atoms with E-state index in [9.17, 15) is 4.79 Å². The number of carbonyl (C=O) groups excluding carboxylic acids is 1. The van der Waals surface area contributed by atoms with Gasteiger partial charge in [-0.1, -0.05) is 30.3 Å². The number of nitrogens with zero attached hydrogens (tertiary/aromatic N) is 1. The summed E-state index contributed by atoms with van der Waals surface area (Å²) in [5, 5.41) is 3.07. The highest BCUT2D eigenvalue weighted by Gasteiger charge is 2.24. The van der Waals surface area contributed by atoms with Gasteiger partial charge in [0, 0.05) is 26.2 Å². The topological polar surface area (TPSA) is 41.6 Å². The summed E-state index contributed by atoms with van der Waals surface area (Å²) in [7, 11) is 1.58. The van der Waals surface area contributed by atoms with Crippen molar-refractivity contribution in [3.05, 3.63) is 35.9 Å². The van der Waals surface area contributed by atoms with Gasteiger partial charge in [0.05, 0.1) is 0 Å². The molecule has 1 aliphatic rings. The molecule has 0 bridgehead atoms.